The Morgan fingerprint density at radius 3 is 2.74 bits per heavy atom. The molecule has 0 bridgehead atoms. The summed E-state index contributed by atoms with van der Waals surface area (Å²) in [7, 11) is 0. The van der Waals surface area contributed by atoms with E-state index < -0.39 is 0 Å². The third-order valence-corrected chi connectivity index (χ3v) is 4.20. The van der Waals surface area contributed by atoms with E-state index in [0.29, 0.717) is 24.4 Å². The maximum absolute atomic E-state index is 13.2. The van der Waals surface area contributed by atoms with E-state index in [4.69, 9.17) is 0 Å². The minimum atomic E-state index is -0.255. The topological polar surface area (TPSA) is 41.5 Å². The zero-order chi connectivity index (χ0) is 16.2. The lowest BCUT2D eigenvalue weighted by Crippen LogP contribution is -2.24. The number of benzene rings is 2. The second-order valence-electron chi connectivity index (χ2n) is 5.19. The minimum Gasteiger partial charge on any atom is -0.309 e. The van der Waals surface area contributed by atoms with Gasteiger partial charge in [-0.3, -0.25) is 4.79 Å². The smallest absolute Gasteiger partial charge is 0.275 e. The molecule has 1 amide bonds. The Morgan fingerprint density at radius 2 is 1.96 bits per heavy atom. The predicted octanol–water partition coefficient (Wildman–Crippen LogP) is 4.09. The largest absolute Gasteiger partial charge is 0.309 e. The summed E-state index contributed by atoms with van der Waals surface area (Å²) in [6, 6.07) is 14.1. The molecule has 0 radical (unpaired) electrons. The molecule has 116 valence electrons. The molecule has 1 heterocycles. The van der Waals surface area contributed by atoms with Gasteiger partial charge in [0.05, 0.1) is 0 Å². The summed E-state index contributed by atoms with van der Waals surface area (Å²) in [4.78, 5) is 16.3. The highest BCUT2D eigenvalue weighted by Crippen LogP contribution is 2.21. The lowest BCUT2D eigenvalue weighted by molar-refractivity contribution is -0.115. The molecule has 2 aromatic carbocycles. The number of carbonyl (C=O) groups excluding carboxylic acids is 1. The number of amidine groups is 1. The third kappa shape index (κ3) is 3.93. The lowest BCUT2D eigenvalue weighted by Gasteiger charge is -2.01. The average Bonchev–Trinajstić information content (AvgIpc) is 2.88. The molecule has 3 rings (SSSR count). The highest BCUT2D eigenvalue weighted by atomic mass is 79.9. The number of halogens is 2. The summed E-state index contributed by atoms with van der Waals surface area (Å²) in [5, 5.41) is 2.76. The average molecular weight is 373 g/mol. The van der Waals surface area contributed by atoms with Crippen LogP contribution in [0.4, 0.5) is 4.39 Å². The fourth-order valence-electron chi connectivity index (χ4n) is 2.33. The van der Waals surface area contributed by atoms with Crippen molar-refractivity contribution in [2.75, 3.05) is 0 Å². The molecule has 3 nitrogen and oxygen atoms in total. The van der Waals surface area contributed by atoms with Crippen molar-refractivity contribution in [1.82, 2.24) is 5.32 Å². The van der Waals surface area contributed by atoms with Crippen LogP contribution in [0.1, 0.15) is 17.5 Å². The summed E-state index contributed by atoms with van der Waals surface area (Å²) < 4.78 is 14.1. The second kappa shape index (κ2) is 6.87. The Balaban J connectivity index is 1.73. The van der Waals surface area contributed by atoms with Gasteiger partial charge in [0.2, 0.25) is 0 Å². The van der Waals surface area contributed by atoms with E-state index in [-0.39, 0.29) is 11.7 Å². The van der Waals surface area contributed by atoms with Gasteiger partial charge in [-0.1, -0.05) is 46.3 Å². The second-order valence-corrected chi connectivity index (χ2v) is 6.05. The van der Waals surface area contributed by atoms with Crippen molar-refractivity contribution in [3.05, 3.63) is 75.6 Å². The number of rotatable bonds is 4. The molecular weight excluding hydrogens is 359 g/mol. The van der Waals surface area contributed by atoms with Crippen molar-refractivity contribution in [2.24, 2.45) is 4.99 Å². The maximum Gasteiger partial charge on any atom is 0.275 e. The molecule has 0 saturated carbocycles. The molecule has 0 saturated heterocycles. The molecule has 1 N–H and O–H groups in total. The fraction of sp³-hybridized carbons (Fsp3) is 0.111. The number of aliphatic imine (C=N–C) groups is 1. The molecule has 1 aliphatic heterocycles. The molecule has 0 spiro atoms. The van der Waals surface area contributed by atoms with Gasteiger partial charge in [0, 0.05) is 10.9 Å². The van der Waals surface area contributed by atoms with Crippen LogP contribution in [-0.4, -0.2) is 11.7 Å². The Morgan fingerprint density at radius 1 is 1.13 bits per heavy atom. The molecule has 1 aliphatic rings. The van der Waals surface area contributed by atoms with Gasteiger partial charge >= 0.3 is 0 Å². The highest BCUT2D eigenvalue weighted by Gasteiger charge is 2.19. The van der Waals surface area contributed by atoms with Gasteiger partial charge in [-0.25, -0.2) is 9.38 Å². The maximum atomic E-state index is 13.2. The summed E-state index contributed by atoms with van der Waals surface area (Å²) >= 11 is 3.45. The monoisotopic (exact) mass is 372 g/mol. The molecule has 0 aliphatic carbocycles. The van der Waals surface area contributed by atoms with E-state index in [9.17, 15) is 9.18 Å². The molecule has 23 heavy (non-hydrogen) atoms. The quantitative estimate of drug-likeness (QED) is 0.806. The van der Waals surface area contributed by atoms with E-state index in [1.807, 2.05) is 30.3 Å². The number of amides is 1. The first kappa shape index (κ1) is 15.6. The van der Waals surface area contributed by atoms with E-state index in [0.717, 1.165) is 15.6 Å². The first-order valence-corrected chi connectivity index (χ1v) is 8.01. The highest BCUT2D eigenvalue weighted by molar-refractivity contribution is 9.10. The third-order valence-electron chi connectivity index (χ3n) is 3.48. The van der Waals surface area contributed by atoms with Crippen LogP contribution in [0.5, 0.6) is 0 Å². The van der Waals surface area contributed by atoms with Crippen LogP contribution >= 0.6 is 15.9 Å². The lowest BCUT2D eigenvalue weighted by atomic mass is 10.1. The molecule has 0 unspecified atom stereocenters. The summed E-state index contributed by atoms with van der Waals surface area (Å²) in [5.41, 5.74) is 2.16. The van der Waals surface area contributed by atoms with Crippen molar-refractivity contribution >= 4 is 33.7 Å². The van der Waals surface area contributed by atoms with E-state index in [1.165, 1.54) is 12.1 Å². The van der Waals surface area contributed by atoms with Crippen molar-refractivity contribution in [3.63, 3.8) is 0 Å². The van der Waals surface area contributed by atoms with E-state index in [2.05, 4.69) is 26.2 Å². The molecule has 2 aromatic rings. The van der Waals surface area contributed by atoms with Crippen LogP contribution in [0.15, 0.2) is 63.7 Å². The first-order chi connectivity index (χ1) is 11.1. The van der Waals surface area contributed by atoms with Gasteiger partial charge in [0.1, 0.15) is 17.3 Å². The Hall–Kier alpha value is -2.27. The van der Waals surface area contributed by atoms with Crippen molar-refractivity contribution in [1.29, 1.82) is 0 Å². The van der Waals surface area contributed by atoms with Crippen molar-refractivity contribution in [2.45, 2.75) is 12.8 Å². The number of nitrogens with one attached hydrogen (secondary N) is 1. The zero-order valence-electron chi connectivity index (χ0n) is 12.2. The first-order valence-electron chi connectivity index (χ1n) is 7.21. The molecule has 0 aromatic heterocycles. The molecule has 0 atom stereocenters. The number of hydrogen-bond acceptors (Lipinski definition) is 2. The minimum absolute atomic E-state index is 0.213. The van der Waals surface area contributed by atoms with Gasteiger partial charge in [-0.05, 0) is 41.8 Å². The van der Waals surface area contributed by atoms with Crippen LogP contribution in [0, 0.1) is 5.82 Å². The number of carbonyl (C=O) groups is 1. The number of aryl methyl sites for hydroxylation is 1. The Bertz CT molecular complexity index is 814. The van der Waals surface area contributed by atoms with Crippen molar-refractivity contribution < 1.29 is 9.18 Å². The summed E-state index contributed by atoms with van der Waals surface area (Å²) in [6.07, 6.45) is 2.93. The van der Waals surface area contributed by atoms with Crippen LogP contribution in [0.25, 0.3) is 6.08 Å². The summed E-state index contributed by atoms with van der Waals surface area (Å²) in [6.45, 7) is 0. The van der Waals surface area contributed by atoms with Crippen molar-refractivity contribution in [3.8, 4) is 0 Å². The number of nitrogens with zero attached hydrogens (tertiary/aromatic N) is 1. The van der Waals surface area contributed by atoms with Gasteiger partial charge in [-0.15, -0.1) is 0 Å². The predicted molar refractivity (Wildman–Crippen MR) is 92.4 cm³/mol. The zero-order valence-corrected chi connectivity index (χ0v) is 13.8. The standard InChI is InChI=1S/C18H14BrFN2O/c19-15-7-2-1-5-13(15)11-16-18(23)22-17(21-16)9-8-12-4-3-6-14(20)10-12/h1-7,10-11H,8-9H2,(H,21,22,23)/b16-11-. The Labute approximate surface area is 142 Å². The number of hydrogen-bond donors (Lipinski definition) is 1. The molecule has 5 heteroatoms. The molecule has 0 fully saturated rings. The van der Waals surface area contributed by atoms with Gasteiger partial charge in [-0.2, -0.15) is 0 Å². The van der Waals surface area contributed by atoms with Gasteiger partial charge in [0.15, 0.2) is 0 Å². The van der Waals surface area contributed by atoms with Gasteiger partial charge in [0.25, 0.3) is 5.91 Å². The van der Waals surface area contributed by atoms with Crippen LogP contribution in [0.2, 0.25) is 0 Å². The fourth-order valence-corrected chi connectivity index (χ4v) is 2.73. The van der Waals surface area contributed by atoms with Crippen LogP contribution < -0.4 is 5.32 Å². The normalized spacial score (nSPS) is 15.7. The Kier molecular flexibility index (Phi) is 4.67. The van der Waals surface area contributed by atoms with E-state index in [1.54, 1.807) is 12.1 Å². The SMILES string of the molecule is O=C1NC(CCc2cccc(F)c2)=N/C1=C\c1ccccc1Br. The summed E-state index contributed by atoms with van der Waals surface area (Å²) in [5.74, 6) is 0.141. The van der Waals surface area contributed by atoms with Crippen LogP contribution in [-0.2, 0) is 11.2 Å². The van der Waals surface area contributed by atoms with Gasteiger partial charge < -0.3 is 5.32 Å². The van der Waals surface area contributed by atoms with Crippen LogP contribution in [0.3, 0.4) is 0 Å². The molecular formula is C18H14BrFN2O. The van der Waals surface area contributed by atoms with E-state index >= 15 is 0 Å².